The fraction of sp³-hybridized carbons (Fsp3) is 0.538. The van der Waals surface area contributed by atoms with Crippen LogP contribution in [0.25, 0.3) is 0 Å². The van der Waals surface area contributed by atoms with E-state index in [-0.39, 0.29) is 5.75 Å². The van der Waals surface area contributed by atoms with Crippen LogP contribution in [0.2, 0.25) is 0 Å². The lowest BCUT2D eigenvalue weighted by Crippen LogP contribution is -2.43. The first-order chi connectivity index (χ1) is 8.63. The first-order valence-corrected chi connectivity index (χ1v) is 8.07. The molecule has 0 aromatic heterocycles. The molecule has 0 amide bonds. The minimum absolute atomic E-state index is 0.220. The molecule has 2 rings (SSSR count). The van der Waals surface area contributed by atoms with Crippen LogP contribution in [0.1, 0.15) is 13.3 Å². The van der Waals surface area contributed by atoms with Crippen LogP contribution in [-0.4, -0.2) is 40.3 Å². The highest BCUT2D eigenvalue weighted by atomic mass is 32.2. The van der Waals surface area contributed by atoms with Crippen LogP contribution in [0.5, 0.6) is 0 Å². The van der Waals surface area contributed by atoms with Gasteiger partial charge in [-0.05, 0) is 24.6 Å². The van der Waals surface area contributed by atoms with Crippen molar-refractivity contribution in [2.45, 2.75) is 18.2 Å². The quantitative estimate of drug-likeness (QED) is 0.893. The predicted octanol–water partition coefficient (Wildman–Crippen LogP) is 1.28. The van der Waals surface area contributed by atoms with Gasteiger partial charge in [0.1, 0.15) is 0 Å². The number of sulfone groups is 1. The molecule has 1 aliphatic rings. The lowest BCUT2D eigenvalue weighted by atomic mass is 10.2. The lowest BCUT2D eigenvalue weighted by Gasteiger charge is -2.29. The van der Waals surface area contributed by atoms with Crippen molar-refractivity contribution < 1.29 is 8.42 Å². The normalized spacial score (nSPS) is 16.8. The van der Waals surface area contributed by atoms with Gasteiger partial charge in [-0.25, -0.2) is 8.42 Å². The first kappa shape index (κ1) is 13.4. The standard InChI is InChI=1S/C13H20N2O2S/c1-2-10-18(16,17)13-5-3-4-12(11-13)15-8-6-14-7-9-15/h3-5,11,14H,2,6-10H2,1H3. The van der Waals surface area contributed by atoms with E-state index in [1.54, 1.807) is 12.1 Å². The second kappa shape index (κ2) is 5.71. The number of anilines is 1. The molecule has 18 heavy (non-hydrogen) atoms. The molecule has 0 saturated carbocycles. The van der Waals surface area contributed by atoms with E-state index in [0.717, 1.165) is 31.9 Å². The molecule has 5 heteroatoms. The maximum absolute atomic E-state index is 12.0. The zero-order valence-electron chi connectivity index (χ0n) is 10.7. The highest BCUT2D eigenvalue weighted by molar-refractivity contribution is 7.91. The maximum atomic E-state index is 12.0. The van der Waals surface area contributed by atoms with Gasteiger partial charge in [-0.2, -0.15) is 0 Å². The fourth-order valence-electron chi connectivity index (χ4n) is 2.18. The third kappa shape index (κ3) is 3.03. The Balaban J connectivity index is 2.24. The van der Waals surface area contributed by atoms with Crippen molar-refractivity contribution in [2.24, 2.45) is 0 Å². The van der Waals surface area contributed by atoms with Crippen molar-refractivity contribution in [3.05, 3.63) is 24.3 Å². The largest absolute Gasteiger partial charge is 0.369 e. The van der Waals surface area contributed by atoms with Crippen molar-refractivity contribution in [2.75, 3.05) is 36.8 Å². The second-order valence-corrected chi connectivity index (χ2v) is 6.66. The minimum Gasteiger partial charge on any atom is -0.369 e. The number of nitrogens with one attached hydrogen (secondary N) is 1. The van der Waals surface area contributed by atoms with Gasteiger partial charge in [0.15, 0.2) is 9.84 Å². The van der Waals surface area contributed by atoms with E-state index in [1.807, 2.05) is 19.1 Å². The molecule has 0 aliphatic carbocycles. The SMILES string of the molecule is CCCS(=O)(=O)c1cccc(N2CCNCC2)c1. The van der Waals surface area contributed by atoms with Crippen LogP contribution < -0.4 is 10.2 Å². The van der Waals surface area contributed by atoms with Crippen molar-refractivity contribution in [3.63, 3.8) is 0 Å². The molecule has 1 aliphatic heterocycles. The van der Waals surface area contributed by atoms with Crippen molar-refractivity contribution >= 4 is 15.5 Å². The van der Waals surface area contributed by atoms with Crippen molar-refractivity contribution in [1.29, 1.82) is 0 Å². The van der Waals surface area contributed by atoms with Gasteiger partial charge in [-0.1, -0.05) is 13.0 Å². The molecular weight excluding hydrogens is 248 g/mol. The minimum atomic E-state index is -3.11. The Bertz CT molecular complexity index is 493. The van der Waals surface area contributed by atoms with Gasteiger partial charge in [0.2, 0.25) is 0 Å². The summed E-state index contributed by atoms with van der Waals surface area (Å²) >= 11 is 0. The molecular formula is C13H20N2O2S. The molecule has 1 heterocycles. The lowest BCUT2D eigenvalue weighted by molar-refractivity contribution is 0.587. The van der Waals surface area contributed by atoms with E-state index < -0.39 is 9.84 Å². The Kier molecular flexibility index (Phi) is 4.24. The Morgan fingerprint density at radius 3 is 2.67 bits per heavy atom. The third-order valence-electron chi connectivity index (χ3n) is 3.13. The molecule has 0 bridgehead atoms. The van der Waals surface area contributed by atoms with Crippen LogP contribution in [-0.2, 0) is 9.84 Å². The van der Waals surface area contributed by atoms with E-state index >= 15 is 0 Å². The Hall–Kier alpha value is -1.07. The van der Waals surface area contributed by atoms with Crippen molar-refractivity contribution in [1.82, 2.24) is 5.32 Å². The summed E-state index contributed by atoms with van der Waals surface area (Å²) in [5.74, 6) is 0.220. The highest BCUT2D eigenvalue weighted by Gasteiger charge is 2.16. The number of benzene rings is 1. The molecule has 100 valence electrons. The van der Waals surface area contributed by atoms with Gasteiger partial charge < -0.3 is 10.2 Å². The van der Waals surface area contributed by atoms with E-state index in [9.17, 15) is 8.42 Å². The zero-order chi connectivity index (χ0) is 13.0. The zero-order valence-corrected chi connectivity index (χ0v) is 11.5. The average Bonchev–Trinajstić information content (AvgIpc) is 2.40. The predicted molar refractivity (Wildman–Crippen MR) is 73.9 cm³/mol. The van der Waals surface area contributed by atoms with Gasteiger partial charge in [-0.15, -0.1) is 0 Å². The summed E-state index contributed by atoms with van der Waals surface area (Å²) in [7, 11) is -3.11. The molecule has 1 fully saturated rings. The maximum Gasteiger partial charge on any atom is 0.178 e. The van der Waals surface area contributed by atoms with E-state index in [4.69, 9.17) is 0 Å². The van der Waals surface area contributed by atoms with Crippen LogP contribution in [0.15, 0.2) is 29.2 Å². The van der Waals surface area contributed by atoms with Gasteiger partial charge in [0.25, 0.3) is 0 Å². The summed E-state index contributed by atoms with van der Waals surface area (Å²) in [6, 6.07) is 7.31. The average molecular weight is 268 g/mol. The monoisotopic (exact) mass is 268 g/mol. The first-order valence-electron chi connectivity index (χ1n) is 6.42. The summed E-state index contributed by atoms with van der Waals surface area (Å²) in [5.41, 5.74) is 1.01. The van der Waals surface area contributed by atoms with Gasteiger partial charge >= 0.3 is 0 Å². The van der Waals surface area contributed by atoms with Crippen LogP contribution in [0, 0.1) is 0 Å². The molecule has 1 saturated heterocycles. The van der Waals surface area contributed by atoms with Crippen molar-refractivity contribution in [3.8, 4) is 0 Å². The molecule has 0 spiro atoms. The number of nitrogens with zero attached hydrogens (tertiary/aromatic N) is 1. The molecule has 1 aromatic rings. The molecule has 4 nitrogen and oxygen atoms in total. The topological polar surface area (TPSA) is 49.4 Å². The van der Waals surface area contributed by atoms with Gasteiger partial charge in [-0.3, -0.25) is 0 Å². The fourth-order valence-corrected chi connectivity index (χ4v) is 3.54. The number of piperazine rings is 1. The summed E-state index contributed by atoms with van der Waals surface area (Å²) in [6.07, 6.45) is 0.653. The van der Waals surface area contributed by atoms with Gasteiger partial charge in [0, 0.05) is 31.9 Å². The number of hydrogen-bond donors (Lipinski definition) is 1. The second-order valence-electron chi connectivity index (χ2n) is 4.55. The smallest absolute Gasteiger partial charge is 0.178 e. The summed E-state index contributed by atoms with van der Waals surface area (Å²) < 4.78 is 24.1. The molecule has 0 atom stereocenters. The Labute approximate surface area is 109 Å². The highest BCUT2D eigenvalue weighted by Crippen LogP contribution is 2.21. The molecule has 0 unspecified atom stereocenters. The molecule has 0 radical (unpaired) electrons. The Morgan fingerprint density at radius 1 is 1.28 bits per heavy atom. The number of rotatable bonds is 4. The van der Waals surface area contributed by atoms with E-state index in [1.165, 1.54) is 0 Å². The summed E-state index contributed by atoms with van der Waals surface area (Å²) in [6.45, 7) is 5.64. The van der Waals surface area contributed by atoms with Crippen LogP contribution in [0.3, 0.4) is 0 Å². The molecule has 1 N–H and O–H groups in total. The van der Waals surface area contributed by atoms with Crippen LogP contribution in [0.4, 0.5) is 5.69 Å². The summed E-state index contributed by atoms with van der Waals surface area (Å²) in [5, 5.41) is 3.29. The summed E-state index contributed by atoms with van der Waals surface area (Å²) in [4.78, 5) is 2.67. The third-order valence-corrected chi connectivity index (χ3v) is 5.05. The van der Waals surface area contributed by atoms with Crippen LogP contribution >= 0.6 is 0 Å². The van der Waals surface area contributed by atoms with E-state index in [2.05, 4.69) is 10.2 Å². The molecule has 1 aromatic carbocycles. The van der Waals surface area contributed by atoms with E-state index in [0.29, 0.717) is 11.3 Å². The van der Waals surface area contributed by atoms with Gasteiger partial charge in [0.05, 0.1) is 10.6 Å². The Morgan fingerprint density at radius 2 is 2.00 bits per heavy atom. The number of hydrogen-bond acceptors (Lipinski definition) is 4.